The Bertz CT molecular complexity index is 632. The van der Waals surface area contributed by atoms with Crippen molar-refractivity contribution in [3.05, 3.63) is 35.9 Å². The van der Waals surface area contributed by atoms with Gasteiger partial charge in [-0.05, 0) is 24.3 Å². The van der Waals surface area contributed by atoms with Crippen LogP contribution in [0.2, 0.25) is 0 Å². The van der Waals surface area contributed by atoms with Crippen LogP contribution in [-0.2, 0) is 25.7 Å². The quantitative estimate of drug-likeness (QED) is 0.784. The Morgan fingerprint density at radius 1 is 1.23 bits per heavy atom. The van der Waals surface area contributed by atoms with Crippen LogP contribution in [0.25, 0.3) is 0 Å². The largest absolute Gasteiger partial charge is 0.459 e. The van der Waals surface area contributed by atoms with Crippen molar-refractivity contribution >= 4 is 18.0 Å². The molecule has 7 heteroatoms. The van der Waals surface area contributed by atoms with Gasteiger partial charge in [-0.25, -0.2) is 9.59 Å². The van der Waals surface area contributed by atoms with Crippen LogP contribution in [0.4, 0.5) is 4.79 Å². The van der Waals surface area contributed by atoms with Crippen LogP contribution >= 0.6 is 0 Å². The molecule has 1 aromatic rings. The molecule has 2 atom stereocenters. The summed E-state index contributed by atoms with van der Waals surface area (Å²) in [5, 5.41) is 2.56. The van der Waals surface area contributed by atoms with E-state index in [1.54, 1.807) is 0 Å². The number of likely N-dealkylation sites (tertiary alicyclic amines) is 1. The maximum Gasteiger partial charge on any atom is 0.407 e. The van der Waals surface area contributed by atoms with E-state index in [9.17, 15) is 14.4 Å². The molecule has 1 N–H and O–H groups in total. The van der Waals surface area contributed by atoms with Crippen molar-refractivity contribution < 1.29 is 23.9 Å². The molecule has 26 heavy (non-hydrogen) atoms. The fraction of sp³-hybridized carbons (Fsp3) is 0.526. The van der Waals surface area contributed by atoms with Gasteiger partial charge in [-0.1, -0.05) is 44.2 Å². The predicted molar refractivity (Wildman–Crippen MR) is 95.1 cm³/mol. The standard InChI is InChI=1S/C19H26N2O5/c1-13(2)16(20-19(24)25-3)17(22)21-11-7-10-15(21)18(23)26-12-14-8-5-4-6-9-14/h4-6,8-9,13,15-16H,7,10-12H2,1-3H3,(H,20,24). The highest BCUT2D eigenvalue weighted by molar-refractivity contribution is 5.90. The molecule has 2 unspecified atom stereocenters. The first-order valence-electron chi connectivity index (χ1n) is 8.79. The molecule has 2 rings (SSSR count). The first kappa shape index (κ1) is 19.8. The maximum absolute atomic E-state index is 12.9. The number of ether oxygens (including phenoxy) is 2. The van der Waals surface area contributed by atoms with Gasteiger partial charge in [0.15, 0.2) is 0 Å². The van der Waals surface area contributed by atoms with Crippen LogP contribution in [0, 0.1) is 5.92 Å². The molecule has 0 aromatic heterocycles. The highest BCUT2D eigenvalue weighted by Gasteiger charge is 2.39. The van der Waals surface area contributed by atoms with Crippen LogP contribution in [0.5, 0.6) is 0 Å². The number of methoxy groups -OCH3 is 1. The number of hydrogen-bond acceptors (Lipinski definition) is 5. The van der Waals surface area contributed by atoms with E-state index < -0.39 is 24.1 Å². The van der Waals surface area contributed by atoms with Gasteiger partial charge in [0, 0.05) is 6.54 Å². The SMILES string of the molecule is COC(=O)NC(C(=O)N1CCCC1C(=O)OCc1ccccc1)C(C)C. The zero-order valence-electron chi connectivity index (χ0n) is 15.4. The second-order valence-electron chi connectivity index (χ2n) is 6.64. The average Bonchev–Trinajstić information content (AvgIpc) is 3.13. The van der Waals surface area contributed by atoms with E-state index in [1.165, 1.54) is 12.0 Å². The summed E-state index contributed by atoms with van der Waals surface area (Å²) in [5.41, 5.74) is 0.893. The van der Waals surface area contributed by atoms with Crippen LogP contribution in [-0.4, -0.2) is 48.6 Å². The maximum atomic E-state index is 12.9. The molecule has 1 fully saturated rings. The van der Waals surface area contributed by atoms with Gasteiger partial charge >= 0.3 is 12.1 Å². The Balaban J connectivity index is 2.01. The van der Waals surface area contributed by atoms with Crippen LogP contribution in [0.3, 0.4) is 0 Å². The number of esters is 1. The molecular formula is C19H26N2O5. The van der Waals surface area contributed by atoms with Crippen LogP contribution in [0.15, 0.2) is 30.3 Å². The molecule has 2 amide bonds. The van der Waals surface area contributed by atoms with Crippen LogP contribution in [0.1, 0.15) is 32.3 Å². The zero-order valence-corrected chi connectivity index (χ0v) is 15.4. The number of alkyl carbamates (subject to hydrolysis) is 1. The third-order valence-corrected chi connectivity index (χ3v) is 4.42. The minimum atomic E-state index is -0.745. The van der Waals surface area contributed by atoms with Crippen molar-refractivity contribution in [2.24, 2.45) is 5.92 Å². The smallest absolute Gasteiger partial charge is 0.407 e. The lowest BCUT2D eigenvalue weighted by Crippen LogP contribution is -2.54. The average molecular weight is 362 g/mol. The van der Waals surface area contributed by atoms with Gasteiger partial charge in [0.2, 0.25) is 5.91 Å². The number of amides is 2. The van der Waals surface area contributed by atoms with E-state index in [0.29, 0.717) is 13.0 Å². The lowest BCUT2D eigenvalue weighted by Gasteiger charge is -2.29. The van der Waals surface area contributed by atoms with E-state index in [2.05, 4.69) is 10.1 Å². The number of carbonyl (C=O) groups is 3. The fourth-order valence-corrected chi connectivity index (χ4v) is 2.98. The van der Waals surface area contributed by atoms with Crippen LogP contribution < -0.4 is 5.32 Å². The monoisotopic (exact) mass is 362 g/mol. The zero-order chi connectivity index (χ0) is 19.1. The van der Waals surface area contributed by atoms with E-state index >= 15 is 0 Å². The number of nitrogens with zero attached hydrogens (tertiary/aromatic N) is 1. The summed E-state index contributed by atoms with van der Waals surface area (Å²) in [5.74, 6) is -0.840. The molecule has 0 bridgehead atoms. The number of carbonyl (C=O) groups excluding carboxylic acids is 3. The van der Waals surface area contributed by atoms with Gasteiger partial charge in [-0.2, -0.15) is 0 Å². The number of nitrogens with one attached hydrogen (secondary N) is 1. The van der Waals surface area contributed by atoms with Gasteiger partial charge in [-0.3, -0.25) is 4.79 Å². The number of benzene rings is 1. The second kappa shape index (κ2) is 9.22. The number of hydrogen-bond donors (Lipinski definition) is 1. The molecule has 1 aliphatic rings. The van der Waals surface area contributed by atoms with Gasteiger partial charge in [-0.15, -0.1) is 0 Å². The summed E-state index contributed by atoms with van der Waals surface area (Å²) in [7, 11) is 1.25. The van der Waals surface area contributed by atoms with Crippen molar-refractivity contribution in [1.29, 1.82) is 0 Å². The molecule has 1 saturated heterocycles. The minimum absolute atomic E-state index is 0.136. The van der Waals surface area contributed by atoms with E-state index in [4.69, 9.17) is 4.74 Å². The summed E-state index contributed by atoms with van der Waals surface area (Å²) in [4.78, 5) is 38.4. The summed E-state index contributed by atoms with van der Waals surface area (Å²) in [6.45, 7) is 4.30. The Morgan fingerprint density at radius 2 is 1.92 bits per heavy atom. The third kappa shape index (κ3) is 4.97. The Labute approximate surface area is 153 Å². The molecular weight excluding hydrogens is 336 g/mol. The molecule has 0 aliphatic carbocycles. The number of rotatable bonds is 6. The van der Waals surface area contributed by atoms with E-state index in [1.807, 2.05) is 44.2 Å². The van der Waals surface area contributed by atoms with Crippen molar-refractivity contribution in [1.82, 2.24) is 10.2 Å². The van der Waals surface area contributed by atoms with E-state index in [-0.39, 0.29) is 18.4 Å². The Kier molecular flexibility index (Phi) is 7.00. The highest BCUT2D eigenvalue weighted by atomic mass is 16.5. The van der Waals surface area contributed by atoms with Gasteiger partial charge in [0.25, 0.3) is 0 Å². The molecule has 0 saturated carbocycles. The van der Waals surface area contributed by atoms with Gasteiger partial charge < -0.3 is 19.7 Å². The summed E-state index contributed by atoms with van der Waals surface area (Å²) < 4.78 is 9.98. The Morgan fingerprint density at radius 3 is 2.54 bits per heavy atom. The first-order valence-corrected chi connectivity index (χ1v) is 8.79. The van der Waals surface area contributed by atoms with E-state index in [0.717, 1.165) is 12.0 Å². The van der Waals surface area contributed by atoms with Gasteiger partial charge in [0.1, 0.15) is 18.7 Å². The molecule has 142 valence electrons. The fourth-order valence-electron chi connectivity index (χ4n) is 2.98. The minimum Gasteiger partial charge on any atom is -0.459 e. The van der Waals surface area contributed by atoms with Crippen molar-refractivity contribution in [2.75, 3.05) is 13.7 Å². The predicted octanol–water partition coefficient (Wildman–Crippen LogP) is 2.10. The molecule has 0 radical (unpaired) electrons. The summed E-state index contributed by atoms with van der Waals surface area (Å²) in [6.07, 6.45) is 0.613. The molecule has 1 aliphatic heterocycles. The highest BCUT2D eigenvalue weighted by Crippen LogP contribution is 2.22. The molecule has 7 nitrogen and oxygen atoms in total. The first-order chi connectivity index (χ1) is 12.4. The topological polar surface area (TPSA) is 84.9 Å². The van der Waals surface area contributed by atoms with Gasteiger partial charge in [0.05, 0.1) is 7.11 Å². The summed E-state index contributed by atoms with van der Waals surface area (Å²) in [6, 6.07) is 8.03. The third-order valence-electron chi connectivity index (χ3n) is 4.42. The molecule has 1 aromatic carbocycles. The summed E-state index contributed by atoms with van der Waals surface area (Å²) >= 11 is 0. The second-order valence-corrected chi connectivity index (χ2v) is 6.64. The molecule has 0 spiro atoms. The van der Waals surface area contributed by atoms with Crippen molar-refractivity contribution in [2.45, 2.75) is 45.4 Å². The normalized spacial score (nSPS) is 17.7. The lowest BCUT2D eigenvalue weighted by molar-refractivity contribution is -0.155. The Hall–Kier alpha value is -2.57. The lowest BCUT2D eigenvalue weighted by atomic mass is 10.0. The van der Waals surface area contributed by atoms with Crippen molar-refractivity contribution in [3.8, 4) is 0 Å². The molecule has 1 heterocycles. The van der Waals surface area contributed by atoms with Crippen molar-refractivity contribution in [3.63, 3.8) is 0 Å².